The molecule has 7 heteroatoms. The molecule has 2 heterocycles. The summed E-state index contributed by atoms with van der Waals surface area (Å²) < 4.78 is 0.0861. The summed E-state index contributed by atoms with van der Waals surface area (Å²) in [5.41, 5.74) is 0. The molecule has 5 atom stereocenters. The molecule has 2 aliphatic rings. The van der Waals surface area contributed by atoms with Crippen LogP contribution in [-0.4, -0.2) is 62.2 Å². The molecule has 0 aliphatic carbocycles. The fourth-order valence-corrected chi connectivity index (χ4v) is 4.64. The average Bonchev–Trinajstić information content (AvgIpc) is 2.66. The molecule has 0 spiro atoms. The highest BCUT2D eigenvalue weighted by Crippen LogP contribution is 2.43. The van der Waals surface area contributed by atoms with Gasteiger partial charge in [0.2, 0.25) is 0 Å². The van der Waals surface area contributed by atoms with Crippen LogP contribution in [0.15, 0.2) is 4.99 Å². The second-order valence-corrected chi connectivity index (χ2v) is 6.31. The Bertz CT molecular complexity index is 277. The van der Waals surface area contributed by atoms with Gasteiger partial charge < -0.3 is 20.6 Å². The maximum Gasteiger partial charge on any atom is 0.157 e. The van der Waals surface area contributed by atoms with Crippen LogP contribution in [0.25, 0.3) is 0 Å². The van der Waals surface area contributed by atoms with Crippen LogP contribution in [0.3, 0.4) is 0 Å². The largest absolute Gasteiger partial charge is 0.395 e. The summed E-state index contributed by atoms with van der Waals surface area (Å²) in [5.74, 6) is 0. The Balaban J connectivity index is 2.12. The smallest absolute Gasteiger partial charge is 0.157 e. The van der Waals surface area contributed by atoms with E-state index < -0.39 is 12.2 Å². The zero-order valence-corrected chi connectivity index (χ0v) is 9.83. The van der Waals surface area contributed by atoms with Crippen LogP contribution >= 0.6 is 23.5 Å². The first kappa shape index (κ1) is 11.5. The van der Waals surface area contributed by atoms with Gasteiger partial charge in [-0.2, -0.15) is 0 Å². The van der Waals surface area contributed by atoms with Crippen molar-refractivity contribution in [3.8, 4) is 0 Å². The van der Waals surface area contributed by atoms with E-state index in [1.807, 2.05) is 0 Å². The second-order valence-electron chi connectivity index (χ2n) is 3.50. The molecule has 86 valence electrons. The Labute approximate surface area is 96.4 Å². The highest BCUT2D eigenvalue weighted by molar-refractivity contribution is 8.25. The van der Waals surface area contributed by atoms with E-state index >= 15 is 0 Å². The highest BCUT2D eigenvalue weighted by atomic mass is 32.2. The molecule has 5 nitrogen and oxygen atoms in total. The number of aliphatic hydroxyl groups excluding tert-OH is 3. The van der Waals surface area contributed by atoms with Gasteiger partial charge in [0.25, 0.3) is 0 Å². The lowest BCUT2D eigenvalue weighted by molar-refractivity contribution is -0.00539. The Morgan fingerprint density at radius 1 is 1.40 bits per heavy atom. The van der Waals surface area contributed by atoms with Gasteiger partial charge in [-0.1, -0.05) is 11.8 Å². The minimum atomic E-state index is -0.901. The number of rotatable bonds is 1. The molecule has 1 fully saturated rings. The van der Waals surface area contributed by atoms with E-state index in [0.717, 1.165) is 5.17 Å². The molecule has 0 unspecified atom stereocenters. The van der Waals surface area contributed by atoms with Gasteiger partial charge in [0, 0.05) is 7.05 Å². The summed E-state index contributed by atoms with van der Waals surface area (Å²) in [6.07, 6.45) is -1.78. The molecular formula is C8H14N2O3S2. The summed E-state index contributed by atoms with van der Waals surface area (Å²) >= 11 is 3.02. The minimum Gasteiger partial charge on any atom is -0.395 e. The molecule has 0 bridgehead atoms. The Morgan fingerprint density at radius 3 is 2.73 bits per heavy atom. The SMILES string of the molecule is CNC1=N[C@H]2[C@@H](S1)S[C@H](CO)[C@@H](O)[C@@H]2O. The van der Waals surface area contributed by atoms with Crippen molar-refractivity contribution in [3.05, 3.63) is 0 Å². The lowest BCUT2D eigenvalue weighted by Crippen LogP contribution is -2.51. The number of nitrogens with one attached hydrogen (secondary N) is 1. The lowest BCUT2D eigenvalue weighted by atomic mass is 10.0. The van der Waals surface area contributed by atoms with Gasteiger partial charge >= 0.3 is 0 Å². The number of hydrogen-bond donors (Lipinski definition) is 4. The first-order valence-corrected chi connectivity index (χ1v) is 6.54. The lowest BCUT2D eigenvalue weighted by Gasteiger charge is -2.36. The van der Waals surface area contributed by atoms with Gasteiger partial charge in [-0.15, -0.1) is 11.8 Å². The van der Waals surface area contributed by atoms with Crippen molar-refractivity contribution in [3.63, 3.8) is 0 Å². The van der Waals surface area contributed by atoms with Crippen molar-refractivity contribution < 1.29 is 15.3 Å². The van der Waals surface area contributed by atoms with Gasteiger partial charge in [0.15, 0.2) is 5.17 Å². The third-order valence-corrected chi connectivity index (χ3v) is 5.55. The molecule has 0 radical (unpaired) electrons. The summed E-state index contributed by atoms with van der Waals surface area (Å²) in [7, 11) is 1.78. The van der Waals surface area contributed by atoms with Crippen LogP contribution in [0.1, 0.15) is 0 Å². The van der Waals surface area contributed by atoms with Crippen molar-refractivity contribution in [2.24, 2.45) is 4.99 Å². The predicted molar refractivity (Wildman–Crippen MR) is 62.1 cm³/mol. The molecule has 0 aromatic rings. The van der Waals surface area contributed by atoms with Crippen molar-refractivity contribution in [1.29, 1.82) is 0 Å². The number of fused-ring (bicyclic) bond motifs is 1. The second kappa shape index (κ2) is 4.50. The zero-order chi connectivity index (χ0) is 11.0. The van der Waals surface area contributed by atoms with Gasteiger partial charge in [-0.25, -0.2) is 0 Å². The summed E-state index contributed by atoms with van der Waals surface area (Å²) in [6, 6.07) is -0.278. The van der Waals surface area contributed by atoms with Gasteiger partial charge in [0.1, 0.15) is 12.1 Å². The molecule has 4 N–H and O–H groups in total. The monoisotopic (exact) mass is 250 g/mol. The van der Waals surface area contributed by atoms with E-state index in [0.29, 0.717) is 0 Å². The average molecular weight is 250 g/mol. The van der Waals surface area contributed by atoms with Crippen LogP contribution in [0.2, 0.25) is 0 Å². The molecule has 0 amide bonds. The summed E-state index contributed by atoms with van der Waals surface area (Å²) in [6.45, 7) is -0.123. The number of hydrogen-bond acceptors (Lipinski definition) is 7. The maximum absolute atomic E-state index is 9.84. The van der Waals surface area contributed by atoms with E-state index in [-0.39, 0.29) is 22.5 Å². The van der Waals surface area contributed by atoms with Crippen molar-refractivity contribution in [1.82, 2.24) is 5.32 Å². The molecule has 0 aromatic heterocycles. The van der Waals surface area contributed by atoms with Crippen LogP contribution in [0.4, 0.5) is 0 Å². The maximum atomic E-state index is 9.84. The van der Waals surface area contributed by atoms with Gasteiger partial charge in [-0.05, 0) is 0 Å². The first-order valence-electron chi connectivity index (χ1n) is 4.72. The topological polar surface area (TPSA) is 85.1 Å². The molecule has 2 aliphatic heterocycles. The highest BCUT2D eigenvalue weighted by Gasteiger charge is 2.47. The third kappa shape index (κ3) is 1.99. The molecular weight excluding hydrogens is 236 g/mol. The van der Waals surface area contributed by atoms with Gasteiger partial charge in [-0.3, -0.25) is 4.99 Å². The van der Waals surface area contributed by atoms with E-state index in [9.17, 15) is 10.2 Å². The minimum absolute atomic E-state index is 0.0861. The van der Waals surface area contributed by atoms with E-state index in [4.69, 9.17) is 5.11 Å². The van der Waals surface area contributed by atoms with Crippen LogP contribution in [-0.2, 0) is 0 Å². The number of nitrogens with zero attached hydrogens (tertiary/aromatic N) is 1. The normalized spacial score (nSPS) is 44.8. The van der Waals surface area contributed by atoms with E-state index in [1.165, 1.54) is 23.5 Å². The van der Waals surface area contributed by atoms with Crippen LogP contribution in [0.5, 0.6) is 0 Å². The fourth-order valence-electron chi connectivity index (χ4n) is 1.70. The third-order valence-electron chi connectivity index (χ3n) is 2.56. The number of aliphatic imine (C=N–C) groups is 1. The molecule has 1 saturated heterocycles. The number of amidine groups is 1. The molecule has 0 saturated carbocycles. The quantitative estimate of drug-likeness (QED) is 0.469. The molecule has 15 heavy (non-hydrogen) atoms. The molecule has 2 rings (SSSR count). The van der Waals surface area contributed by atoms with Crippen LogP contribution in [0, 0.1) is 0 Å². The summed E-state index contributed by atoms with van der Waals surface area (Å²) in [4.78, 5) is 4.28. The van der Waals surface area contributed by atoms with Gasteiger partial charge in [0.05, 0.1) is 22.5 Å². The number of aliphatic hydroxyl groups is 3. The Kier molecular flexibility index (Phi) is 3.46. The Morgan fingerprint density at radius 2 is 2.13 bits per heavy atom. The van der Waals surface area contributed by atoms with E-state index in [2.05, 4.69) is 10.3 Å². The number of thioether (sulfide) groups is 2. The molecule has 0 aromatic carbocycles. The van der Waals surface area contributed by atoms with Crippen molar-refractivity contribution in [2.75, 3.05) is 13.7 Å². The standard InChI is InChI=1S/C8H14N2O3S2/c1-9-8-10-4-6(13)5(12)3(2-11)14-7(4)15-8/h3-7,11-13H,2H2,1H3,(H,9,10)/t3-,4-,5-,6-,7-/m1/s1. The first-order chi connectivity index (χ1) is 7.17. The predicted octanol–water partition coefficient (Wildman–Crippen LogP) is -1.17. The van der Waals surface area contributed by atoms with Crippen LogP contribution < -0.4 is 5.32 Å². The fraction of sp³-hybridized carbons (Fsp3) is 0.875. The summed E-state index contributed by atoms with van der Waals surface area (Å²) in [5, 5.41) is 32.0. The zero-order valence-electron chi connectivity index (χ0n) is 8.20. The Hall–Kier alpha value is 0.0500. The van der Waals surface area contributed by atoms with E-state index in [1.54, 1.807) is 7.05 Å². The van der Waals surface area contributed by atoms with Crippen molar-refractivity contribution >= 4 is 28.7 Å². The van der Waals surface area contributed by atoms with Crippen molar-refractivity contribution in [2.45, 2.75) is 28.1 Å².